The average Bonchev–Trinajstić information content (AvgIpc) is 3.71. The van der Waals surface area contributed by atoms with Gasteiger partial charge in [-0.25, -0.2) is 0 Å². The zero-order chi connectivity index (χ0) is 28.6. The number of thiophene rings is 2. The van der Waals surface area contributed by atoms with Crippen LogP contribution in [0.5, 0.6) is 0 Å². The molecule has 0 aliphatic heterocycles. The van der Waals surface area contributed by atoms with Crippen LogP contribution in [0.15, 0.2) is 103 Å². The average molecular weight is 510 g/mol. The fraction of sp³-hybridized carbons (Fsp3) is 0.152. The summed E-state index contributed by atoms with van der Waals surface area (Å²) in [6.07, 6.45) is 5.02. The second-order valence-corrected chi connectivity index (χ2v) is 11.6. The lowest BCUT2D eigenvalue weighted by Gasteiger charge is -2.05. The van der Waals surface area contributed by atoms with E-state index in [1.165, 1.54) is 15.3 Å². The minimum Gasteiger partial charge on any atom is -0.359 e. The minimum atomic E-state index is 0.461. The summed E-state index contributed by atoms with van der Waals surface area (Å²) < 4.78 is 32.9. The van der Waals surface area contributed by atoms with Gasteiger partial charge in [0, 0.05) is 30.9 Å². The van der Waals surface area contributed by atoms with Gasteiger partial charge in [-0.15, -0.1) is 22.7 Å². The van der Waals surface area contributed by atoms with Crippen LogP contribution in [0.25, 0.3) is 37.7 Å². The first-order chi connectivity index (χ1) is 19.1. The molecule has 0 radical (unpaired) electrons. The van der Waals surface area contributed by atoms with Gasteiger partial charge in [-0.1, -0.05) is 66.2 Å². The van der Waals surface area contributed by atoms with E-state index in [2.05, 4.69) is 50.0 Å². The molecule has 1 N–H and O–H groups in total. The Morgan fingerprint density at radius 1 is 0.611 bits per heavy atom. The van der Waals surface area contributed by atoms with E-state index in [0.29, 0.717) is 24.2 Å². The quantitative estimate of drug-likeness (QED) is 0.248. The van der Waals surface area contributed by atoms with E-state index in [0.717, 1.165) is 55.4 Å². The third kappa shape index (κ3) is 5.70. The Balaban J connectivity index is 0.000000161. The Hall–Kier alpha value is -3.40. The number of aromatic amines is 1. The van der Waals surface area contributed by atoms with Crippen molar-refractivity contribution in [1.82, 2.24) is 4.98 Å². The molecule has 3 heterocycles. The van der Waals surface area contributed by atoms with Crippen molar-refractivity contribution in [3.05, 3.63) is 124 Å². The first-order valence-electron chi connectivity index (χ1n) is 14.0. The standard InChI is InChI=1S/C17H17N.C16H14S2/c1-12-3-5-16(11-12)14-6-8-15(9-7-14)17-10-4-13(2)18-17;1-11-3-9-15(17-11)13-5-7-14(8-6-13)16-10-4-12(2)18-16/h3-10,18H,11H2,1-2H3;3-10H,1-2H3/i6D,9D;5D,8D. The first-order valence-corrected chi connectivity index (χ1v) is 13.6. The van der Waals surface area contributed by atoms with Crippen LogP contribution in [0.2, 0.25) is 0 Å². The van der Waals surface area contributed by atoms with Gasteiger partial charge in [0.1, 0.15) is 0 Å². The van der Waals surface area contributed by atoms with Crippen LogP contribution in [0, 0.1) is 20.8 Å². The smallest absolute Gasteiger partial charge is 0.0630 e. The maximum absolute atomic E-state index is 8.24. The maximum Gasteiger partial charge on any atom is 0.0630 e. The number of H-pyrrole nitrogens is 1. The summed E-state index contributed by atoms with van der Waals surface area (Å²) >= 11 is 3.34. The highest BCUT2D eigenvalue weighted by atomic mass is 32.1. The monoisotopic (exact) mass is 509 g/mol. The Morgan fingerprint density at radius 3 is 1.67 bits per heavy atom. The molecule has 0 saturated carbocycles. The highest BCUT2D eigenvalue weighted by Gasteiger charge is 2.08. The second-order valence-electron chi connectivity index (χ2n) is 9.07. The van der Waals surface area contributed by atoms with Crippen LogP contribution in [0.3, 0.4) is 0 Å². The largest absolute Gasteiger partial charge is 0.359 e. The zero-order valence-electron chi connectivity index (χ0n) is 25.0. The van der Waals surface area contributed by atoms with Gasteiger partial charge in [0.05, 0.1) is 5.48 Å². The number of rotatable bonds is 4. The van der Waals surface area contributed by atoms with E-state index in [1.54, 1.807) is 28.7 Å². The molecule has 180 valence electrons. The molecule has 5 aromatic rings. The Kier molecular flexibility index (Phi) is 5.87. The molecule has 0 bridgehead atoms. The molecule has 3 aromatic heterocycles. The lowest BCUT2D eigenvalue weighted by Crippen LogP contribution is -1.84. The van der Waals surface area contributed by atoms with Crippen LogP contribution >= 0.6 is 22.7 Å². The molecule has 0 fully saturated rings. The van der Waals surface area contributed by atoms with E-state index in [9.17, 15) is 0 Å². The Morgan fingerprint density at radius 2 is 1.17 bits per heavy atom. The van der Waals surface area contributed by atoms with E-state index in [4.69, 9.17) is 5.48 Å². The van der Waals surface area contributed by atoms with Gasteiger partial charge in [-0.3, -0.25) is 0 Å². The number of aromatic nitrogens is 1. The Bertz CT molecular complexity index is 1700. The van der Waals surface area contributed by atoms with Gasteiger partial charge >= 0.3 is 0 Å². The van der Waals surface area contributed by atoms with Crippen molar-refractivity contribution in [3.63, 3.8) is 0 Å². The third-order valence-corrected chi connectivity index (χ3v) is 8.07. The second kappa shape index (κ2) is 10.7. The molecule has 2 aromatic carbocycles. The van der Waals surface area contributed by atoms with Crippen molar-refractivity contribution in [2.24, 2.45) is 0 Å². The molecule has 0 saturated heterocycles. The van der Waals surface area contributed by atoms with E-state index in [1.807, 2.05) is 49.4 Å². The molecule has 3 heteroatoms. The van der Waals surface area contributed by atoms with E-state index in [-0.39, 0.29) is 0 Å². The number of nitrogens with one attached hydrogen (secondary N) is 1. The van der Waals surface area contributed by atoms with Crippen molar-refractivity contribution < 1.29 is 5.48 Å². The Labute approximate surface area is 228 Å². The number of aryl methyl sites for hydroxylation is 3. The van der Waals surface area contributed by atoms with E-state index < -0.39 is 0 Å². The van der Waals surface area contributed by atoms with Crippen molar-refractivity contribution in [1.29, 1.82) is 0 Å². The lowest BCUT2D eigenvalue weighted by molar-refractivity contribution is 1.26. The highest BCUT2D eigenvalue weighted by molar-refractivity contribution is 7.15. The summed E-state index contributed by atoms with van der Waals surface area (Å²) in [5, 5.41) is 0. The van der Waals surface area contributed by atoms with Crippen molar-refractivity contribution in [3.8, 4) is 32.1 Å². The summed E-state index contributed by atoms with van der Waals surface area (Å²) in [6, 6.07) is 21.3. The molecule has 0 spiro atoms. The summed E-state index contributed by atoms with van der Waals surface area (Å²) in [5.41, 5.74) is 7.77. The predicted molar refractivity (Wildman–Crippen MR) is 160 cm³/mol. The van der Waals surface area contributed by atoms with E-state index >= 15 is 0 Å². The van der Waals surface area contributed by atoms with Gasteiger partial charge in [-0.05, 0) is 98.3 Å². The molecule has 1 nitrogen and oxygen atoms in total. The van der Waals surface area contributed by atoms with Gasteiger partial charge in [0.25, 0.3) is 0 Å². The van der Waals surface area contributed by atoms with Crippen LogP contribution in [0.4, 0.5) is 0 Å². The van der Waals surface area contributed by atoms with Crippen LogP contribution in [-0.2, 0) is 0 Å². The molecule has 1 aliphatic carbocycles. The third-order valence-electron chi connectivity index (χ3n) is 6.01. The van der Waals surface area contributed by atoms with Crippen molar-refractivity contribution in [2.45, 2.75) is 34.1 Å². The number of benzene rings is 2. The highest BCUT2D eigenvalue weighted by Crippen LogP contribution is 2.32. The molecule has 0 amide bonds. The summed E-state index contributed by atoms with van der Waals surface area (Å²) in [4.78, 5) is 7.81. The summed E-state index contributed by atoms with van der Waals surface area (Å²) in [5.74, 6) is 0. The number of hydrogen-bond acceptors (Lipinski definition) is 2. The minimum absolute atomic E-state index is 0.461. The number of hydrogen-bond donors (Lipinski definition) is 1. The zero-order valence-corrected chi connectivity index (χ0v) is 22.6. The predicted octanol–water partition coefficient (Wildman–Crippen LogP) is 10.5. The van der Waals surface area contributed by atoms with Crippen molar-refractivity contribution in [2.75, 3.05) is 0 Å². The normalized spacial score (nSPS) is 14.2. The lowest BCUT2D eigenvalue weighted by atomic mass is 10.0. The summed E-state index contributed by atoms with van der Waals surface area (Å²) in [6.45, 7) is 8.19. The van der Waals surface area contributed by atoms with Crippen LogP contribution < -0.4 is 0 Å². The molecule has 0 atom stereocenters. The molecule has 1 aliphatic rings. The molecule has 36 heavy (non-hydrogen) atoms. The molecular weight excluding hydrogens is 475 g/mol. The number of allylic oxidation sites excluding steroid dienone is 4. The van der Waals surface area contributed by atoms with Gasteiger partial charge in [-0.2, -0.15) is 0 Å². The fourth-order valence-electron chi connectivity index (χ4n) is 4.06. The summed E-state index contributed by atoms with van der Waals surface area (Å²) in [7, 11) is 0. The first kappa shape index (κ1) is 19.7. The SMILES string of the molecule is [2H]c1cc(-c2ccc(C)[nH]2)c([2H])cc1C1=CC=C(C)C1.[2H]c1cc(-c2ccc(C)s2)c([2H])cc1-c1ccc(C)s1. The van der Waals surface area contributed by atoms with Crippen LogP contribution in [-0.4, -0.2) is 4.98 Å². The van der Waals surface area contributed by atoms with Crippen molar-refractivity contribution >= 4 is 28.2 Å². The van der Waals surface area contributed by atoms with Gasteiger partial charge < -0.3 is 4.98 Å². The maximum atomic E-state index is 8.24. The van der Waals surface area contributed by atoms with Crippen LogP contribution in [0.1, 0.15) is 39.8 Å². The molecule has 6 rings (SSSR count). The fourth-order valence-corrected chi connectivity index (χ4v) is 5.75. The van der Waals surface area contributed by atoms with Gasteiger partial charge in [0.15, 0.2) is 0 Å². The van der Waals surface area contributed by atoms with Gasteiger partial charge in [0.2, 0.25) is 0 Å². The molecule has 0 unspecified atom stereocenters. The topological polar surface area (TPSA) is 15.8 Å². The molecular formula is C33H31NS2.